The Hall–Kier alpha value is -2.99. The van der Waals surface area contributed by atoms with Crippen molar-refractivity contribution in [2.45, 2.75) is 13.0 Å². The number of rotatable bonds is 5. The van der Waals surface area contributed by atoms with Crippen molar-refractivity contribution in [3.8, 4) is 28.4 Å². The average molecular weight is 410 g/mol. The van der Waals surface area contributed by atoms with Crippen LogP contribution in [-0.4, -0.2) is 44.2 Å². The van der Waals surface area contributed by atoms with Crippen LogP contribution in [0, 0.1) is 6.92 Å². The predicted octanol–water partition coefficient (Wildman–Crippen LogP) is 4.64. The van der Waals surface area contributed by atoms with Gasteiger partial charge in [-0.3, -0.25) is 4.79 Å². The molecule has 1 atom stereocenters. The second-order valence-electron chi connectivity index (χ2n) is 6.99. The largest absolute Gasteiger partial charge is 0.497 e. The Morgan fingerprint density at radius 3 is 2.62 bits per heavy atom. The van der Waals surface area contributed by atoms with Crippen LogP contribution in [0.25, 0.3) is 11.1 Å². The van der Waals surface area contributed by atoms with Gasteiger partial charge in [-0.15, -0.1) is 11.3 Å². The Balaban J connectivity index is 1.45. The number of amides is 1. The molecule has 0 N–H and O–H groups in total. The van der Waals surface area contributed by atoms with Crippen molar-refractivity contribution in [2.75, 3.05) is 27.3 Å². The number of methoxy groups -OCH3 is 1. The molecule has 6 heteroatoms. The molecule has 2 aromatic carbocycles. The highest BCUT2D eigenvalue weighted by Crippen LogP contribution is 2.33. The molecule has 150 valence electrons. The minimum absolute atomic E-state index is 0.0136. The number of para-hydroxylation sites is 2. The van der Waals surface area contributed by atoms with Gasteiger partial charge in [0.25, 0.3) is 5.91 Å². The average Bonchev–Trinajstić information content (AvgIpc) is 3.14. The van der Waals surface area contributed by atoms with Gasteiger partial charge in [-0.1, -0.05) is 24.3 Å². The predicted molar refractivity (Wildman–Crippen MR) is 114 cm³/mol. The molecule has 1 amide bonds. The standard InChI is InChI=1S/C23H23NO4S/c1-15-19(16-8-10-17(26-3)11-9-16)12-22(29-15)23(25)24(2)13-18-14-27-20-6-4-5-7-21(20)28-18/h4-12,18H,13-14H2,1-3H3. The van der Waals surface area contributed by atoms with Gasteiger partial charge in [0.15, 0.2) is 17.6 Å². The van der Waals surface area contributed by atoms with Gasteiger partial charge in [0.1, 0.15) is 12.4 Å². The van der Waals surface area contributed by atoms with Gasteiger partial charge in [-0.2, -0.15) is 0 Å². The zero-order chi connectivity index (χ0) is 20.4. The Morgan fingerprint density at radius 2 is 1.90 bits per heavy atom. The van der Waals surface area contributed by atoms with Crippen molar-refractivity contribution < 1.29 is 19.0 Å². The molecular weight excluding hydrogens is 386 g/mol. The molecule has 0 spiro atoms. The van der Waals surface area contributed by atoms with E-state index in [-0.39, 0.29) is 12.0 Å². The summed E-state index contributed by atoms with van der Waals surface area (Å²) in [5, 5.41) is 0. The van der Waals surface area contributed by atoms with Gasteiger partial charge in [0.2, 0.25) is 0 Å². The highest BCUT2D eigenvalue weighted by atomic mass is 32.1. The Kier molecular flexibility index (Phi) is 5.45. The van der Waals surface area contributed by atoms with E-state index in [1.54, 1.807) is 19.1 Å². The summed E-state index contributed by atoms with van der Waals surface area (Å²) < 4.78 is 17.0. The summed E-state index contributed by atoms with van der Waals surface area (Å²) in [5.74, 6) is 2.27. The summed E-state index contributed by atoms with van der Waals surface area (Å²) in [7, 11) is 3.45. The normalized spacial score (nSPS) is 15.1. The summed E-state index contributed by atoms with van der Waals surface area (Å²) in [4.78, 5) is 16.5. The second kappa shape index (κ2) is 8.17. The number of likely N-dealkylation sites (N-methyl/N-ethyl adjacent to an activating group) is 1. The lowest BCUT2D eigenvalue weighted by atomic mass is 10.1. The Labute approximate surface area is 174 Å². The summed E-state index contributed by atoms with van der Waals surface area (Å²) in [6.07, 6.45) is -0.194. The van der Waals surface area contributed by atoms with Crippen molar-refractivity contribution in [3.63, 3.8) is 0 Å². The lowest BCUT2D eigenvalue weighted by Gasteiger charge is -2.29. The second-order valence-corrected chi connectivity index (χ2v) is 8.25. The number of hydrogen-bond acceptors (Lipinski definition) is 5. The van der Waals surface area contributed by atoms with Crippen molar-refractivity contribution in [3.05, 3.63) is 64.4 Å². The third-order valence-corrected chi connectivity index (χ3v) is 5.96. The lowest BCUT2D eigenvalue weighted by molar-refractivity contribution is 0.0524. The molecule has 0 radical (unpaired) electrons. The number of benzene rings is 2. The molecule has 0 saturated carbocycles. The zero-order valence-corrected chi connectivity index (χ0v) is 17.5. The van der Waals surface area contributed by atoms with Gasteiger partial charge in [0.05, 0.1) is 18.5 Å². The minimum Gasteiger partial charge on any atom is -0.497 e. The smallest absolute Gasteiger partial charge is 0.263 e. The Morgan fingerprint density at radius 1 is 1.17 bits per heavy atom. The summed E-state index contributed by atoms with van der Waals surface area (Å²) in [6, 6.07) is 17.4. The van der Waals surface area contributed by atoms with Crippen molar-refractivity contribution in [2.24, 2.45) is 0 Å². The van der Waals surface area contributed by atoms with Crippen LogP contribution in [0.4, 0.5) is 0 Å². The number of hydrogen-bond donors (Lipinski definition) is 0. The molecule has 3 aromatic rings. The molecule has 2 heterocycles. The first-order valence-corrected chi connectivity index (χ1v) is 10.3. The third kappa shape index (κ3) is 4.07. The number of ether oxygens (including phenoxy) is 3. The van der Waals surface area contributed by atoms with E-state index in [1.807, 2.05) is 61.5 Å². The fraction of sp³-hybridized carbons (Fsp3) is 0.261. The van der Waals surface area contributed by atoms with Crippen LogP contribution in [0.5, 0.6) is 17.2 Å². The van der Waals surface area contributed by atoms with Gasteiger partial charge < -0.3 is 19.1 Å². The maximum absolute atomic E-state index is 13.0. The van der Waals surface area contributed by atoms with Crippen LogP contribution in [0.2, 0.25) is 0 Å². The van der Waals surface area contributed by atoms with Crippen LogP contribution < -0.4 is 14.2 Å². The number of thiophene rings is 1. The maximum Gasteiger partial charge on any atom is 0.263 e. The molecule has 0 fully saturated rings. The van der Waals surface area contributed by atoms with Crippen LogP contribution in [0.1, 0.15) is 14.5 Å². The van der Waals surface area contributed by atoms with Gasteiger partial charge in [0, 0.05) is 11.9 Å². The molecule has 0 aliphatic carbocycles. The third-order valence-electron chi connectivity index (χ3n) is 4.92. The van der Waals surface area contributed by atoms with Crippen LogP contribution >= 0.6 is 11.3 Å². The SMILES string of the molecule is COc1ccc(-c2cc(C(=O)N(C)CC3COc4ccccc4O3)sc2C)cc1. The van der Waals surface area contributed by atoms with Crippen LogP contribution in [0.15, 0.2) is 54.6 Å². The number of carbonyl (C=O) groups is 1. The van der Waals surface area contributed by atoms with E-state index >= 15 is 0 Å². The van der Waals surface area contributed by atoms with E-state index < -0.39 is 0 Å². The fourth-order valence-corrected chi connectivity index (χ4v) is 4.41. The summed E-state index contributed by atoms with van der Waals surface area (Å²) in [5.41, 5.74) is 2.14. The molecular formula is C23H23NO4S. The molecule has 0 bridgehead atoms. The Bertz CT molecular complexity index is 1010. The highest BCUT2D eigenvalue weighted by molar-refractivity contribution is 7.14. The van der Waals surface area contributed by atoms with E-state index in [4.69, 9.17) is 14.2 Å². The monoisotopic (exact) mass is 409 g/mol. The van der Waals surface area contributed by atoms with Crippen molar-refractivity contribution >= 4 is 17.2 Å². The summed E-state index contributed by atoms with van der Waals surface area (Å²) >= 11 is 1.51. The first-order chi connectivity index (χ1) is 14.0. The molecule has 1 aliphatic rings. The van der Waals surface area contributed by atoms with Crippen LogP contribution in [-0.2, 0) is 0 Å². The molecule has 1 unspecified atom stereocenters. The molecule has 0 saturated heterocycles. The van der Waals surface area contributed by atoms with E-state index in [0.29, 0.717) is 18.0 Å². The van der Waals surface area contributed by atoms with Gasteiger partial charge in [-0.05, 0) is 48.4 Å². The molecule has 5 nitrogen and oxygen atoms in total. The number of carbonyl (C=O) groups excluding carboxylic acids is 1. The first kappa shape index (κ1) is 19.3. The van der Waals surface area contributed by atoms with Gasteiger partial charge in [-0.25, -0.2) is 0 Å². The molecule has 1 aromatic heterocycles. The van der Waals surface area contributed by atoms with E-state index in [0.717, 1.165) is 33.3 Å². The lowest BCUT2D eigenvalue weighted by Crippen LogP contribution is -2.41. The quantitative estimate of drug-likeness (QED) is 0.616. The van der Waals surface area contributed by atoms with E-state index in [2.05, 4.69) is 0 Å². The van der Waals surface area contributed by atoms with E-state index in [9.17, 15) is 4.79 Å². The summed E-state index contributed by atoms with van der Waals surface area (Å²) in [6.45, 7) is 2.92. The fourth-order valence-electron chi connectivity index (χ4n) is 3.37. The molecule has 29 heavy (non-hydrogen) atoms. The molecule has 4 rings (SSSR count). The number of aryl methyl sites for hydroxylation is 1. The first-order valence-electron chi connectivity index (χ1n) is 9.44. The van der Waals surface area contributed by atoms with Crippen molar-refractivity contribution in [1.82, 2.24) is 4.90 Å². The number of fused-ring (bicyclic) bond motifs is 1. The zero-order valence-electron chi connectivity index (χ0n) is 16.7. The minimum atomic E-state index is -0.194. The van der Waals surface area contributed by atoms with E-state index in [1.165, 1.54) is 11.3 Å². The number of nitrogens with zero attached hydrogens (tertiary/aromatic N) is 1. The van der Waals surface area contributed by atoms with Crippen molar-refractivity contribution in [1.29, 1.82) is 0 Å². The van der Waals surface area contributed by atoms with Crippen LogP contribution in [0.3, 0.4) is 0 Å². The van der Waals surface area contributed by atoms with Gasteiger partial charge >= 0.3 is 0 Å². The maximum atomic E-state index is 13.0. The topological polar surface area (TPSA) is 48.0 Å². The highest BCUT2D eigenvalue weighted by Gasteiger charge is 2.25. The molecule has 1 aliphatic heterocycles.